The highest BCUT2D eigenvalue weighted by Crippen LogP contribution is 2.31. The first-order valence-electron chi connectivity index (χ1n) is 14.6. The van der Waals surface area contributed by atoms with Gasteiger partial charge in [0.15, 0.2) is 17.5 Å². The van der Waals surface area contributed by atoms with Crippen LogP contribution in [0.3, 0.4) is 0 Å². The van der Waals surface area contributed by atoms with Gasteiger partial charge in [-0.05, 0) is 50.5 Å². The summed E-state index contributed by atoms with van der Waals surface area (Å²) in [6, 6.07) is 50.3. The average Bonchev–Trinajstić information content (AvgIpc) is 3.12. The van der Waals surface area contributed by atoms with Gasteiger partial charge < -0.3 is 0 Å². The van der Waals surface area contributed by atoms with Crippen molar-refractivity contribution >= 4 is 21.5 Å². The van der Waals surface area contributed by atoms with Crippen LogP contribution in [0.25, 0.3) is 78.0 Å². The maximum atomic E-state index is 4.95. The van der Waals surface area contributed by atoms with E-state index >= 15 is 0 Å². The van der Waals surface area contributed by atoms with Gasteiger partial charge in [-0.15, -0.1) is 0 Å². The topological polar surface area (TPSA) is 51.6 Å². The van der Waals surface area contributed by atoms with Crippen LogP contribution in [0.4, 0.5) is 0 Å². The number of hydrogen-bond acceptors (Lipinski definition) is 4. The lowest BCUT2D eigenvalue weighted by molar-refractivity contribution is 1.07. The average molecular weight is 563 g/mol. The van der Waals surface area contributed by atoms with Crippen LogP contribution in [0.15, 0.2) is 158 Å². The van der Waals surface area contributed by atoms with E-state index in [2.05, 4.69) is 114 Å². The molecule has 0 saturated carbocycles. The van der Waals surface area contributed by atoms with Crippen LogP contribution < -0.4 is 0 Å². The zero-order valence-corrected chi connectivity index (χ0v) is 23.8. The number of benzene rings is 6. The van der Waals surface area contributed by atoms with Crippen molar-refractivity contribution in [1.82, 2.24) is 19.9 Å². The molecule has 0 spiro atoms. The molecule has 206 valence electrons. The quantitative estimate of drug-likeness (QED) is 0.196. The number of aromatic nitrogens is 4. The van der Waals surface area contributed by atoms with Crippen molar-refractivity contribution in [3.63, 3.8) is 0 Å². The van der Waals surface area contributed by atoms with Crippen LogP contribution in [-0.2, 0) is 0 Å². The van der Waals surface area contributed by atoms with Gasteiger partial charge in [-0.2, -0.15) is 0 Å². The van der Waals surface area contributed by atoms with Crippen LogP contribution >= 0.6 is 0 Å². The minimum absolute atomic E-state index is 0.644. The third-order valence-electron chi connectivity index (χ3n) is 8.03. The van der Waals surface area contributed by atoms with Gasteiger partial charge in [-0.25, -0.2) is 15.0 Å². The van der Waals surface area contributed by atoms with Crippen molar-refractivity contribution in [2.75, 3.05) is 0 Å². The molecule has 0 amide bonds. The van der Waals surface area contributed by atoms with Crippen molar-refractivity contribution in [3.05, 3.63) is 158 Å². The first-order valence-corrected chi connectivity index (χ1v) is 14.6. The third kappa shape index (κ3) is 4.89. The summed E-state index contributed by atoms with van der Waals surface area (Å²) in [5, 5.41) is 4.77. The monoisotopic (exact) mass is 562 g/mol. The number of fused-ring (bicyclic) bond motifs is 3. The summed E-state index contributed by atoms with van der Waals surface area (Å²) in [5.41, 5.74) is 7.46. The van der Waals surface area contributed by atoms with E-state index in [1.54, 1.807) is 0 Å². The van der Waals surface area contributed by atoms with Crippen molar-refractivity contribution < 1.29 is 0 Å². The molecular formula is C40H26N4. The molecule has 0 fully saturated rings. The van der Waals surface area contributed by atoms with Crippen LogP contribution in [-0.4, -0.2) is 19.9 Å². The van der Waals surface area contributed by atoms with Crippen LogP contribution in [0.5, 0.6) is 0 Å². The first kappa shape index (κ1) is 25.7. The van der Waals surface area contributed by atoms with E-state index in [9.17, 15) is 0 Å². The number of hydrogen-bond donors (Lipinski definition) is 0. The van der Waals surface area contributed by atoms with E-state index in [-0.39, 0.29) is 0 Å². The zero-order valence-electron chi connectivity index (χ0n) is 23.8. The normalized spacial score (nSPS) is 11.2. The maximum Gasteiger partial charge on any atom is 0.164 e. The lowest BCUT2D eigenvalue weighted by atomic mass is 9.97. The molecule has 0 aliphatic heterocycles. The van der Waals surface area contributed by atoms with Crippen molar-refractivity contribution in [2.24, 2.45) is 0 Å². The molecule has 0 aliphatic rings. The summed E-state index contributed by atoms with van der Waals surface area (Å²) in [4.78, 5) is 19.1. The van der Waals surface area contributed by atoms with Gasteiger partial charge in [0.1, 0.15) is 0 Å². The Labute approximate surface area is 255 Å². The number of pyridine rings is 1. The van der Waals surface area contributed by atoms with Gasteiger partial charge in [-0.1, -0.05) is 133 Å². The van der Waals surface area contributed by atoms with Crippen LogP contribution in [0.2, 0.25) is 0 Å². The Morgan fingerprint density at radius 3 is 1.39 bits per heavy atom. The van der Waals surface area contributed by atoms with Gasteiger partial charge in [0.05, 0.1) is 0 Å². The minimum Gasteiger partial charge on any atom is -0.264 e. The summed E-state index contributed by atoms with van der Waals surface area (Å²) >= 11 is 0. The molecule has 0 N–H and O–H groups in total. The highest BCUT2D eigenvalue weighted by atomic mass is 15.0. The second kappa shape index (κ2) is 11.0. The van der Waals surface area contributed by atoms with E-state index in [0.717, 1.165) is 33.4 Å². The molecule has 8 aromatic rings. The smallest absolute Gasteiger partial charge is 0.164 e. The summed E-state index contributed by atoms with van der Waals surface area (Å²) in [6.45, 7) is 0. The summed E-state index contributed by atoms with van der Waals surface area (Å²) in [6.07, 6.45) is 3.78. The highest BCUT2D eigenvalue weighted by Gasteiger charge is 2.13. The lowest BCUT2D eigenvalue weighted by Crippen LogP contribution is -2.00. The molecule has 8 rings (SSSR count). The second-order valence-corrected chi connectivity index (χ2v) is 10.8. The fraction of sp³-hybridized carbons (Fsp3) is 0. The summed E-state index contributed by atoms with van der Waals surface area (Å²) in [7, 11) is 0. The predicted molar refractivity (Wildman–Crippen MR) is 180 cm³/mol. The maximum absolute atomic E-state index is 4.95. The molecule has 0 atom stereocenters. The Morgan fingerprint density at radius 1 is 0.318 bits per heavy atom. The Hall–Kier alpha value is -6.00. The Kier molecular flexibility index (Phi) is 6.43. The molecule has 2 heterocycles. The van der Waals surface area contributed by atoms with Gasteiger partial charge >= 0.3 is 0 Å². The van der Waals surface area contributed by atoms with Crippen LogP contribution in [0.1, 0.15) is 0 Å². The number of rotatable bonds is 5. The van der Waals surface area contributed by atoms with Gasteiger partial charge in [-0.3, -0.25) is 4.98 Å². The molecule has 0 saturated heterocycles. The molecule has 4 nitrogen and oxygen atoms in total. The third-order valence-corrected chi connectivity index (χ3v) is 8.03. The fourth-order valence-electron chi connectivity index (χ4n) is 5.69. The van der Waals surface area contributed by atoms with E-state index in [4.69, 9.17) is 15.0 Å². The van der Waals surface area contributed by atoms with Crippen LogP contribution in [0, 0.1) is 0 Å². The highest BCUT2D eigenvalue weighted by molar-refractivity contribution is 6.08. The van der Waals surface area contributed by atoms with E-state index in [0.29, 0.717) is 17.5 Å². The van der Waals surface area contributed by atoms with Crippen molar-refractivity contribution in [1.29, 1.82) is 0 Å². The van der Waals surface area contributed by atoms with Crippen molar-refractivity contribution in [3.8, 4) is 56.4 Å². The minimum atomic E-state index is 0.644. The molecule has 2 aromatic heterocycles. The molecular weight excluding hydrogens is 536 g/mol. The van der Waals surface area contributed by atoms with Gasteiger partial charge in [0.2, 0.25) is 0 Å². The molecule has 44 heavy (non-hydrogen) atoms. The first-order chi connectivity index (χ1) is 21.8. The Morgan fingerprint density at radius 2 is 0.773 bits per heavy atom. The molecule has 0 radical (unpaired) electrons. The number of nitrogens with zero attached hydrogens (tertiary/aromatic N) is 4. The molecule has 4 heteroatoms. The van der Waals surface area contributed by atoms with E-state index in [1.807, 2.05) is 48.8 Å². The Bertz CT molecular complexity index is 2240. The standard InChI is InChI=1S/C40H26N4/c1-3-7-27(8-4-1)28-11-16-32(17-12-28)39-42-38(31-9-5-2-6-10-31)43-40(44-39)33-18-13-29(14-19-33)34-21-22-36-35(25-34)20-15-30-23-24-41-26-37(30)36/h1-26H. The summed E-state index contributed by atoms with van der Waals surface area (Å²) < 4.78 is 0. The summed E-state index contributed by atoms with van der Waals surface area (Å²) in [5.74, 6) is 1.94. The molecule has 0 aliphatic carbocycles. The second-order valence-electron chi connectivity index (χ2n) is 10.8. The van der Waals surface area contributed by atoms with Gasteiger partial charge in [0.25, 0.3) is 0 Å². The molecule has 0 bridgehead atoms. The largest absolute Gasteiger partial charge is 0.264 e. The fourth-order valence-corrected chi connectivity index (χ4v) is 5.69. The van der Waals surface area contributed by atoms with E-state index in [1.165, 1.54) is 27.1 Å². The Balaban J connectivity index is 1.16. The van der Waals surface area contributed by atoms with Crippen molar-refractivity contribution in [2.45, 2.75) is 0 Å². The zero-order chi connectivity index (χ0) is 29.3. The molecule has 6 aromatic carbocycles. The van der Waals surface area contributed by atoms with E-state index < -0.39 is 0 Å². The lowest BCUT2D eigenvalue weighted by Gasteiger charge is -2.10. The SMILES string of the molecule is c1ccc(-c2ccc(-c3nc(-c4ccccc4)nc(-c4ccc(-c5ccc6c(ccc7ccncc76)c5)cc4)n3)cc2)cc1. The molecule has 0 unspecified atom stereocenters. The predicted octanol–water partition coefficient (Wildman–Crippen LogP) is 9.91. The van der Waals surface area contributed by atoms with Gasteiger partial charge in [0, 0.05) is 34.5 Å².